The maximum Gasteiger partial charge on any atom is 0.310 e. The summed E-state index contributed by atoms with van der Waals surface area (Å²) in [6, 6.07) is 16.8. The molecule has 6 nitrogen and oxygen atoms in total. The summed E-state index contributed by atoms with van der Waals surface area (Å²) in [6.07, 6.45) is 3.20. The maximum absolute atomic E-state index is 12.8. The van der Waals surface area contributed by atoms with Gasteiger partial charge in [-0.05, 0) is 29.3 Å². The first-order valence-corrected chi connectivity index (χ1v) is 9.35. The van der Waals surface area contributed by atoms with Gasteiger partial charge in [0.1, 0.15) is 0 Å². The zero-order valence-corrected chi connectivity index (χ0v) is 16.9. The lowest BCUT2D eigenvalue weighted by Gasteiger charge is -2.24. The molecule has 0 aromatic heterocycles. The highest BCUT2D eigenvalue weighted by Gasteiger charge is 2.20. The van der Waals surface area contributed by atoms with Crippen LogP contribution in [-0.4, -0.2) is 36.3 Å². The normalized spacial score (nSPS) is 11.7. The highest BCUT2D eigenvalue weighted by molar-refractivity contribution is 5.92. The second-order valence-corrected chi connectivity index (χ2v) is 6.77. The Bertz CT molecular complexity index is 860. The SMILES string of the molecule is COC(=O)C(C)CN(Cc1ccccc1)C(=O)/C=C/c1ccc(NC(C)=O)cc1. The molecule has 0 bridgehead atoms. The van der Waals surface area contributed by atoms with Crippen molar-refractivity contribution in [1.82, 2.24) is 4.90 Å². The molecule has 0 aliphatic carbocycles. The molecule has 2 aromatic carbocycles. The number of anilines is 1. The van der Waals surface area contributed by atoms with Crippen molar-refractivity contribution in [2.75, 3.05) is 19.0 Å². The van der Waals surface area contributed by atoms with E-state index in [0.29, 0.717) is 12.2 Å². The van der Waals surface area contributed by atoms with Crippen LogP contribution in [0.5, 0.6) is 0 Å². The van der Waals surface area contributed by atoms with Gasteiger partial charge < -0.3 is 15.0 Å². The summed E-state index contributed by atoms with van der Waals surface area (Å²) >= 11 is 0. The van der Waals surface area contributed by atoms with Gasteiger partial charge in [0.05, 0.1) is 13.0 Å². The van der Waals surface area contributed by atoms with E-state index in [-0.39, 0.29) is 24.3 Å². The number of hydrogen-bond donors (Lipinski definition) is 1. The van der Waals surface area contributed by atoms with Crippen molar-refractivity contribution in [1.29, 1.82) is 0 Å². The van der Waals surface area contributed by atoms with Crippen LogP contribution in [0.1, 0.15) is 25.0 Å². The van der Waals surface area contributed by atoms with E-state index in [2.05, 4.69) is 5.32 Å². The first kappa shape index (κ1) is 21.9. The van der Waals surface area contributed by atoms with Crippen LogP contribution in [0.2, 0.25) is 0 Å². The molecular weight excluding hydrogens is 368 g/mol. The summed E-state index contributed by atoms with van der Waals surface area (Å²) in [5.74, 6) is -1.12. The van der Waals surface area contributed by atoms with Crippen molar-refractivity contribution >= 4 is 29.5 Å². The first-order valence-electron chi connectivity index (χ1n) is 9.35. The highest BCUT2D eigenvalue weighted by atomic mass is 16.5. The molecule has 29 heavy (non-hydrogen) atoms. The lowest BCUT2D eigenvalue weighted by atomic mass is 10.1. The average Bonchev–Trinajstić information content (AvgIpc) is 2.72. The number of rotatable bonds is 8. The number of carbonyl (C=O) groups is 3. The number of hydrogen-bond acceptors (Lipinski definition) is 4. The summed E-state index contributed by atoms with van der Waals surface area (Å²) in [5.41, 5.74) is 2.50. The van der Waals surface area contributed by atoms with Crippen LogP contribution in [0, 0.1) is 5.92 Å². The zero-order valence-electron chi connectivity index (χ0n) is 16.9. The predicted octanol–water partition coefficient (Wildman–Crippen LogP) is 3.50. The van der Waals surface area contributed by atoms with E-state index in [1.807, 2.05) is 42.5 Å². The van der Waals surface area contributed by atoms with E-state index in [0.717, 1.165) is 11.1 Å². The topological polar surface area (TPSA) is 75.7 Å². The van der Waals surface area contributed by atoms with E-state index in [1.165, 1.54) is 20.1 Å². The lowest BCUT2D eigenvalue weighted by Crippen LogP contribution is -2.35. The predicted molar refractivity (Wildman–Crippen MR) is 113 cm³/mol. The van der Waals surface area contributed by atoms with Crippen LogP contribution in [0.4, 0.5) is 5.69 Å². The molecule has 0 aliphatic rings. The van der Waals surface area contributed by atoms with Crippen LogP contribution in [-0.2, 0) is 25.7 Å². The fourth-order valence-corrected chi connectivity index (χ4v) is 2.80. The van der Waals surface area contributed by atoms with Gasteiger partial charge in [0, 0.05) is 31.8 Å². The minimum Gasteiger partial charge on any atom is -0.469 e. The van der Waals surface area contributed by atoms with E-state index in [4.69, 9.17) is 4.74 Å². The number of methoxy groups -OCH3 is 1. The maximum atomic E-state index is 12.8. The third kappa shape index (κ3) is 7.25. The molecule has 0 aliphatic heterocycles. The number of esters is 1. The van der Waals surface area contributed by atoms with Crippen molar-refractivity contribution < 1.29 is 19.1 Å². The summed E-state index contributed by atoms with van der Waals surface area (Å²) in [7, 11) is 1.34. The quantitative estimate of drug-likeness (QED) is 0.549. The van der Waals surface area contributed by atoms with E-state index in [1.54, 1.807) is 30.0 Å². The van der Waals surface area contributed by atoms with E-state index < -0.39 is 5.92 Å². The Hall–Kier alpha value is -3.41. The average molecular weight is 394 g/mol. The summed E-state index contributed by atoms with van der Waals surface area (Å²) in [4.78, 5) is 37.3. The first-order chi connectivity index (χ1) is 13.9. The van der Waals surface area contributed by atoms with Crippen molar-refractivity contribution in [2.45, 2.75) is 20.4 Å². The highest BCUT2D eigenvalue weighted by Crippen LogP contribution is 2.13. The van der Waals surface area contributed by atoms with E-state index in [9.17, 15) is 14.4 Å². The van der Waals surface area contributed by atoms with Crippen LogP contribution in [0.25, 0.3) is 6.08 Å². The lowest BCUT2D eigenvalue weighted by molar-refractivity contribution is -0.146. The van der Waals surface area contributed by atoms with Gasteiger partial charge in [-0.2, -0.15) is 0 Å². The molecular formula is C23H26N2O4. The Kier molecular flexibility index (Phi) is 8.15. The van der Waals surface area contributed by atoms with Gasteiger partial charge in [0.15, 0.2) is 0 Å². The number of nitrogens with one attached hydrogen (secondary N) is 1. The molecule has 2 aromatic rings. The van der Waals surface area contributed by atoms with Crippen LogP contribution >= 0.6 is 0 Å². The smallest absolute Gasteiger partial charge is 0.310 e. The number of amides is 2. The largest absolute Gasteiger partial charge is 0.469 e. The molecule has 1 N–H and O–H groups in total. The monoisotopic (exact) mass is 394 g/mol. The molecule has 0 fully saturated rings. The van der Waals surface area contributed by atoms with Gasteiger partial charge in [-0.1, -0.05) is 49.4 Å². The molecule has 2 amide bonds. The fraction of sp³-hybridized carbons (Fsp3) is 0.261. The molecule has 2 rings (SSSR count). The zero-order chi connectivity index (χ0) is 21.2. The van der Waals surface area contributed by atoms with Gasteiger partial charge >= 0.3 is 5.97 Å². The number of ether oxygens (including phenoxy) is 1. The Morgan fingerprint density at radius 1 is 1.07 bits per heavy atom. The molecule has 0 heterocycles. The Labute approximate surface area is 171 Å². The van der Waals surface area contributed by atoms with Gasteiger partial charge in [0.2, 0.25) is 11.8 Å². The molecule has 1 atom stereocenters. The third-order valence-corrected chi connectivity index (χ3v) is 4.28. The molecule has 152 valence electrons. The summed E-state index contributed by atoms with van der Waals surface area (Å²) < 4.78 is 4.79. The summed E-state index contributed by atoms with van der Waals surface area (Å²) in [6.45, 7) is 3.84. The molecule has 0 spiro atoms. The fourth-order valence-electron chi connectivity index (χ4n) is 2.80. The van der Waals surface area contributed by atoms with Crippen molar-refractivity contribution in [3.8, 4) is 0 Å². The van der Waals surface area contributed by atoms with Crippen LogP contribution in [0.3, 0.4) is 0 Å². The van der Waals surface area contributed by atoms with Crippen molar-refractivity contribution in [3.63, 3.8) is 0 Å². The van der Waals surface area contributed by atoms with Crippen molar-refractivity contribution in [2.24, 2.45) is 5.92 Å². The summed E-state index contributed by atoms with van der Waals surface area (Å²) in [5, 5.41) is 2.70. The van der Waals surface area contributed by atoms with Crippen LogP contribution in [0.15, 0.2) is 60.7 Å². The minimum absolute atomic E-state index is 0.139. The Morgan fingerprint density at radius 3 is 2.31 bits per heavy atom. The standard InChI is InChI=1S/C23H26N2O4/c1-17(23(28)29-3)15-25(16-20-7-5-4-6-8-20)22(27)14-11-19-9-12-21(13-10-19)24-18(2)26/h4-14,17H,15-16H2,1-3H3,(H,24,26)/b14-11+. The molecule has 0 saturated heterocycles. The second-order valence-electron chi connectivity index (χ2n) is 6.77. The molecule has 6 heteroatoms. The third-order valence-electron chi connectivity index (χ3n) is 4.28. The molecule has 0 radical (unpaired) electrons. The van der Waals surface area contributed by atoms with Gasteiger partial charge in [-0.25, -0.2) is 0 Å². The van der Waals surface area contributed by atoms with Crippen LogP contribution < -0.4 is 5.32 Å². The van der Waals surface area contributed by atoms with Gasteiger partial charge in [-0.15, -0.1) is 0 Å². The Balaban J connectivity index is 2.11. The minimum atomic E-state index is -0.432. The number of carbonyl (C=O) groups excluding carboxylic acids is 3. The number of benzene rings is 2. The Morgan fingerprint density at radius 2 is 1.72 bits per heavy atom. The van der Waals surface area contributed by atoms with Gasteiger partial charge in [0.25, 0.3) is 0 Å². The molecule has 0 saturated carbocycles. The van der Waals surface area contributed by atoms with Gasteiger partial charge in [-0.3, -0.25) is 14.4 Å². The second kappa shape index (κ2) is 10.8. The molecule has 1 unspecified atom stereocenters. The van der Waals surface area contributed by atoms with Crippen molar-refractivity contribution in [3.05, 3.63) is 71.8 Å². The number of nitrogens with zero attached hydrogens (tertiary/aromatic N) is 1. The van der Waals surface area contributed by atoms with E-state index >= 15 is 0 Å².